The van der Waals surface area contributed by atoms with Crippen LogP contribution in [0.3, 0.4) is 0 Å². The lowest BCUT2D eigenvalue weighted by molar-refractivity contribution is 0.214. The maximum absolute atomic E-state index is 4.85. The minimum Gasteiger partial charge on any atom is -0.356 e. The molecule has 0 saturated carbocycles. The molecule has 3 heterocycles. The number of aromatic nitrogens is 2. The fraction of sp³-hybridized carbons (Fsp3) is 0.760. The normalized spacial score (nSPS) is 21.1. The fourth-order valence-electron chi connectivity index (χ4n) is 4.63. The van der Waals surface area contributed by atoms with E-state index in [4.69, 9.17) is 4.98 Å². The molecule has 0 aliphatic carbocycles. The van der Waals surface area contributed by atoms with E-state index >= 15 is 0 Å². The van der Waals surface area contributed by atoms with Crippen LogP contribution in [0.15, 0.2) is 24.4 Å². The summed E-state index contributed by atoms with van der Waals surface area (Å²) in [4.78, 5) is 14.4. The Balaban J connectivity index is 1.40. The minimum atomic E-state index is 0.461. The Kier molecular flexibility index (Phi) is 10.5. The zero-order valence-corrected chi connectivity index (χ0v) is 19.2. The van der Waals surface area contributed by atoms with Crippen molar-refractivity contribution in [1.82, 2.24) is 14.9 Å². The van der Waals surface area contributed by atoms with Gasteiger partial charge < -0.3 is 15.1 Å². The Bertz CT molecular complexity index is 609. The summed E-state index contributed by atoms with van der Waals surface area (Å²) < 4.78 is 0. The first-order valence-electron chi connectivity index (χ1n) is 12.6. The van der Waals surface area contributed by atoms with Crippen molar-refractivity contribution in [2.45, 2.75) is 90.0 Å². The lowest BCUT2D eigenvalue weighted by Crippen LogP contribution is -2.42. The maximum Gasteiger partial charge on any atom is 0.224 e. The summed E-state index contributed by atoms with van der Waals surface area (Å²) in [6, 6.07) is 2.53. The number of hydrogen-bond acceptors (Lipinski definition) is 5. The van der Waals surface area contributed by atoms with Gasteiger partial charge in [-0.25, -0.2) is 4.98 Å². The van der Waals surface area contributed by atoms with Crippen LogP contribution in [-0.2, 0) is 0 Å². The molecule has 2 aliphatic rings. The quantitative estimate of drug-likeness (QED) is 0.375. The molecule has 168 valence electrons. The van der Waals surface area contributed by atoms with Crippen LogP contribution in [0.25, 0.3) is 0 Å². The van der Waals surface area contributed by atoms with E-state index < -0.39 is 0 Å². The standard InChI is InChI=1S/C25H43N5/c1-2-3-4-5-6-7-8-11-18-29-19-14-15-23(22-29)27-25-26-17-16-24(28-25)30-20-12-9-10-13-21-30/h6-7,16-17,23H,2-5,8-15,18-22H2,1H3,(H,26,27,28)/b7-6-. The Labute approximate surface area is 184 Å². The average molecular weight is 414 g/mol. The molecule has 1 aromatic heterocycles. The number of allylic oxidation sites excluding steroid dienone is 2. The molecule has 0 radical (unpaired) electrons. The van der Waals surface area contributed by atoms with Crippen molar-refractivity contribution < 1.29 is 0 Å². The second-order valence-corrected chi connectivity index (χ2v) is 9.03. The van der Waals surface area contributed by atoms with E-state index in [1.165, 1.54) is 90.1 Å². The summed E-state index contributed by atoms with van der Waals surface area (Å²) in [6.07, 6.45) is 22.1. The van der Waals surface area contributed by atoms with Gasteiger partial charge in [0.25, 0.3) is 0 Å². The molecule has 1 aromatic rings. The van der Waals surface area contributed by atoms with Crippen molar-refractivity contribution in [3.8, 4) is 0 Å². The molecule has 0 spiro atoms. The van der Waals surface area contributed by atoms with E-state index in [2.05, 4.69) is 45.2 Å². The van der Waals surface area contributed by atoms with E-state index in [0.717, 1.165) is 31.4 Å². The van der Waals surface area contributed by atoms with Gasteiger partial charge in [-0.2, -0.15) is 4.98 Å². The summed E-state index contributed by atoms with van der Waals surface area (Å²) >= 11 is 0. The average Bonchev–Trinajstić information content (AvgIpc) is 3.06. The van der Waals surface area contributed by atoms with Crippen LogP contribution in [0.1, 0.15) is 84.0 Å². The highest BCUT2D eigenvalue weighted by Gasteiger charge is 2.20. The molecule has 3 rings (SSSR count). The Morgan fingerprint density at radius 3 is 2.60 bits per heavy atom. The van der Waals surface area contributed by atoms with Crippen LogP contribution in [0.4, 0.5) is 11.8 Å². The van der Waals surface area contributed by atoms with Crippen LogP contribution in [0.2, 0.25) is 0 Å². The Morgan fingerprint density at radius 2 is 1.80 bits per heavy atom. The number of anilines is 2. The lowest BCUT2D eigenvalue weighted by Gasteiger charge is -2.33. The molecular formula is C25H43N5. The first kappa shape index (κ1) is 23.1. The van der Waals surface area contributed by atoms with E-state index in [9.17, 15) is 0 Å². The highest BCUT2D eigenvalue weighted by Crippen LogP contribution is 2.20. The van der Waals surface area contributed by atoms with Gasteiger partial charge >= 0.3 is 0 Å². The fourth-order valence-corrected chi connectivity index (χ4v) is 4.63. The van der Waals surface area contributed by atoms with E-state index in [1.807, 2.05) is 6.20 Å². The summed E-state index contributed by atoms with van der Waals surface area (Å²) in [5.74, 6) is 1.89. The van der Waals surface area contributed by atoms with Gasteiger partial charge in [-0.15, -0.1) is 0 Å². The lowest BCUT2D eigenvalue weighted by atomic mass is 10.1. The molecule has 0 aromatic carbocycles. The number of nitrogens with one attached hydrogen (secondary N) is 1. The molecule has 1 atom stereocenters. The summed E-state index contributed by atoms with van der Waals surface area (Å²) in [5.41, 5.74) is 0. The molecule has 0 bridgehead atoms. The van der Waals surface area contributed by atoms with E-state index in [0.29, 0.717) is 6.04 Å². The summed E-state index contributed by atoms with van der Waals surface area (Å²) in [6.45, 7) is 8.06. The van der Waals surface area contributed by atoms with Crippen LogP contribution in [-0.4, -0.2) is 53.6 Å². The van der Waals surface area contributed by atoms with Crippen LogP contribution in [0, 0.1) is 0 Å². The number of hydrogen-bond donors (Lipinski definition) is 1. The van der Waals surface area contributed by atoms with Gasteiger partial charge in [-0.3, -0.25) is 0 Å². The van der Waals surface area contributed by atoms with E-state index in [-0.39, 0.29) is 0 Å². The maximum atomic E-state index is 4.85. The SMILES string of the molecule is CCCCC/C=C\CCCN1CCCC(Nc2nccc(N3CCCCCC3)n2)C1. The van der Waals surface area contributed by atoms with Crippen molar-refractivity contribution in [3.63, 3.8) is 0 Å². The monoisotopic (exact) mass is 413 g/mol. The van der Waals surface area contributed by atoms with Crippen LogP contribution >= 0.6 is 0 Å². The van der Waals surface area contributed by atoms with Gasteiger partial charge in [0.2, 0.25) is 5.95 Å². The van der Waals surface area contributed by atoms with E-state index in [1.54, 1.807) is 0 Å². The molecule has 5 nitrogen and oxygen atoms in total. The Hall–Kier alpha value is -1.62. The molecule has 2 saturated heterocycles. The van der Waals surface area contributed by atoms with Crippen molar-refractivity contribution in [3.05, 3.63) is 24.4 Å². The second-order valence-electron chi connectivity index (χ2n) is 9.03. The zero-order chi connectivity index (χ0) is 20.9. The number of likely N-dealkylation sites (tertiary alicyclic amines) is 1. The zero-order valence-electron chi connectivity index (χ0n) is 19.2. The molecular weight excluding hydrogens is 370 g/mol. The highest BCUT2D eigenvalue weighted by atomic mass is 15.2. The van der Waals surface area contributed by atoms with Gasteiger partial charge in [0, 0.05) is 31.9 Å². The number of nitrogens with zero attached hydrogens (tertiary/aromatic N) is 4. The topological polar surface area (TPSA) is 44.3 Å². The molecule has 1 N–H and O–H groups in total. The number of unbranched alkanes of at least 4 members (excludes halogenated alkanes) is 4. The highest BCUT2D eigenvalue weighted by molar-refractivity contribution is 5.43. The van der Waals surface area contributed by atoms with Gasteiger partial charge in [-0.05, 0) is 70.5 Å². The van der Waals surface area contributed by atoms with Gasteiger partial charge in [0.1, 0.15) is 5.82 Å². The molecule has 1 unspecified atom stereocenters. The van der Waals surface area contributed by atoms with Gasteiger partial charge in [-0.1, -0.05) is 44.8 Å². The third kappa shape index (κ3) is 8.25. The molecule has 0 amide bonds. The summed E-state index contributed by atoms with van der Waals surface area (Å²) in [5, 5.41) is 3.63. The molecule has 2 aliphatic heterocycles. The Morgan fingerprint density at radius 1 is 1.00 bits per heavy atom. The first-order chi connectivity index (χ1) is 14.8. The molecule has 2 fully saturated rings. The predicted octanol–water partition coefficient (Wildman–Crippen LogP) is 5.65. The first-order valence-corrected chi connectivity index (χ1v) is 12.6. The molecule has 5 heteroatoms. The largest absolute Gasteiger partial charge is 0.356 e. The van der Waals surface area contributed by atoms with Gasteiger partial charge in [0.15, 0.2) is 0 Å². The summed E-state index contributed by atoms with van der Waals surface area (Å²) in [7, 11) is 0. The smallest absolute Gasteiger partial charge is 0.224 e. The number of piperidine rings is 1. The third-order valence-corrected chi connectivity index (χ3v) is 6.40. The van der Waals surface area contributed by atoms with Crippen molar-refractivity contribution >= 4 is 11.8 Å². The van der Waals surface area contributed by atoms with Crippen LogP contribution < -0.4 is 10.2 Å². The van der Waals surface area contributed by atoms with Crippen molar-refractivity contribution in [2.24, 2.45) is 0 Å². The van der Waals surface area contributed by atoms with Gasteiger partial charge in [0.05, 0.1) is 0 Å². The number of rotatable bonds is 11. The minimum absolute atomic E-state index is 0.461. The second kappa shape index (κ2) is 13.6. The third-order valence-electron chi connectivity index (χ3n) is 6.40. The van der Waals surface area contributed by atoms with Crippen LogP contribution in [0.5, 0.6) is 0 Å². The predicted molar refractivity (Wildman–Crippen MR) is 128 cm³/mol. The van der Waals surface area contributed by atoms with Crippen molar-refractivity contribution in [1.29, 1.82) is 0 Å². The molecule has 30 heavy (non-hydrogen) atoms. The van der Waals surface area contributed by atoms with Crippen molar-refractivity contribution in [2.75, 3.05) is 42.9 Å².